The molecule has 3 nitrogen and oxygen atoms in total. The van der Waals surface area contributed by atoms with Crippen LogP contribution in [0.1, 0.15) is 18.1 Å². The van der Waals surface area contributed by atoms with Crippen LogP contribution in [-0.4, -0.2) is 4.98 Å². The minimum absolute atomic E-state index is 0.101. The number of nitrogens with one attached hydrogen (secondary N) is 1. The van der Waals surface area contributed by atoms with Gasteiger partial charge in [0.05, 0.1) is 0 Å². The molecule has 0 saturated heterocycles. The van der Waals surface area contributed by atoms with Crippen LogP contribution in [0.25, 0.3) is 11.3 Å². The van der Waals surface area contributed by atoms with Crippen LogP contribution in [0.4, 0.5) is 0 Å². The van der Waals surface area contributed by atoms with Crippen molar-refractivity contribution in [3.63, 3.8) is 0 Å². The summed E-state index contributed by atoms with van der Waals surface area (Å²) in [6.07, 6.45) is 0.941. The van der Waals surface area contributed by atoms with Gasteiger partial charge in [-0.1, -0.05) is 37.3 Å². The van der Waals surface area contributed by atoms with Gasteiger partial charge in [0.15, 0.2) is 0 Å². The number of hydrogen-bond acceptors (Lipinski definition) is 2. The highest BCUT2D eigenvalue weighted by Gasteiger charge is 2.05. The summed E-state index contributed by atoms with van der Waals surface area (Å²) in [6.45, 7) is 2.37. The van der Waals surface area contributed by atoms with E-state index in [0.717, 1.165) is 17.7 Å². The molecule has 88 valence electrons. The first kappa shape index (κ1) is 11.6. The summed E-state index contributed by atoms with van der Waals surface area (Å²) in [5.41, 5.74) is 9.14. The topological polar surface area (TPSA) is 58.9 Å². The van der Waals surface area contributed by atoms with Gasteiger partial charge in [-0.25, -0.2) is 0 Å². The normalized spacial score (nSPS) is 10.5. The summed E-state index contributed by atoms with van der Waals surface area (Å²) < 4.78 is 0. The average molecular weight is 228 g/mol. The standard InChI is InChI=1S/C14H16N2O/c1-2-10-5-3-4-6-12(10)13-8-7-11(9-15)14(17)16-13/h3-8H,2,9,15H2,1H3,(H,16,17). The molecule has 3 N–H and O–H groups in total. The van der Waals surface area contributed by atoms with E-state index in [1.165, 1.54) is 5.56 Å². The van der Waals surface area contributed by atoms with Gasteiger partial charge in [-0.05, 0) is 18.1 Å². The van der Waals surface area contributed by atoms with Gasteiger partial charge in [0, 0.05) is 23.4 Å². The van der Waals surface area contributed by atoms with Crippen molar-refractivity contribution in [1.82, 2.24) is 4.98 Å². The Morgan fingerprint density at radius 3 is 2.53 bits per heavy atom. The van der Waals surface area contributed by atoms with E-state index in [1.807, 2.05) is 24.3 Å². The molecule has 0 atom stereocenters. The Hall–Kier alpha value is -1.87. The zero-order valence-electron chi connectivity index (χ0n) is 9.86. The molecule has 0 aliphatic rings. The van der Waals surface area contributed by atoms with Crippen LogP contribution >= 0.6 is 0 Å². The second kappa shape index (κ2) is 4.97. The second-order valence-electron chi connectivity index (χ2n) is 3.94. The fraction of sp³-hybridized carbons (Fsp3) is 0.214. The SMILES string of the molecule is CCc1ccccc1-c1ccc(CN)c(=O)[nH]1. The third-order valence-corrected chi connectivity index (χ3v) is 2.90. The molecule has 0 unspecified atom stereocenters. The van der Waals surface area contributed by atoms with Gasteiger partial charge >= 0.3 is 0 Å². The van der Waals surface area contributed by atoms with E-state index in [-0.39, 0.29) is 12.1 Å². The van der Waals surface area contributed by atoms with Gasteiger partial charge in [0.1, 0.15) is 0 Å². The van der Waals surface area contributed by atoms with Crippen molar-refractivity contribution in [2.75, 3.05) is 0 Å². The summed E-state index contributed by atoms with van der Waals surface area (Å²) in [5, 5.41) is 0. The fourth-order valence-electron chi connectivity index (χ4n) is 1.91. The minimum Gasteiger partial charge on any atom is -0.326 e. The molecule has 0 fully saturated rings. The van der Waals surface area contributed by atoms with E-state index in [4.69, 9.17) is 5.73 Å². The Morgan fingerprint density at radius 1 is 1.12 bits per heavy atom. The molecule has 0 aliphatic carbocycles. The lowest BCUT2D eigenvalue weighted by Crippen LogP contribution is -2.16. The molecule has 1 heterocycles. The van der Waals surface area contributed by atoms with Gasteiger partial charge < -0.3 is 10.7 Å². The number of aryl methyl sites for hydroxylation is 1. The number of nitrogens with two attached hydrogens (primary N) is 1. The van der Waals surface area contributed by atoms with E-state index in [2.05, 4.69) is 18.0 Å². The Morgan fingerprint density at radius 2 is 1.88 bits per heavy atom. The molecule has 17 heavy (non-hydrogen) atoms. The lowest BCUT2D eigenvalue weighted by molar-refractivity contribution is 1.02. The average Bonchev–Trinajstić information content (AvgIpc) is 2.38. The first-order valence-corrected chi connectivity index (χ1v) is 5.76. The van der Waals surface area contributed by atoms with Crippen LogP contribution in [0.5, 0.6) is 0 Å². The predicted octanol–water partition coefficient (Wildman–Crippen LogP) is 2.06. The smallest absolute Gasteiger partial charge is 0.252 e. The van der Waals surface area contributed by atoms with Gasteiger partial charge in [0.2, 0.25) is 0 Å². The van der Waals surface area contributed by atoms with E-state index in [1.54, 1.807) is 6.07 Å². The van der Waals surface area contributed by atoms with Crippen molar-refractivity contribution in [2.45, 2.75) is 19.9 Å². The van der Waals surface area contributed by atoms with Crippen molar-refractivity contribution in [1.29, 1.82) is 0 Å². The Labute approximate surface area is 100 Å². The molecule has 0 aliphatic heterocycles. The maximum atomic E-state index is 11.7. The van der Waals surface area contributed by atoms with Crippen molar-refractivity contribution >= 4 is 0 Å². The highest BCUT2D eigenvalue weighted by Crippen LogP contribution is 2.21. The van der Waals surface area contributed by atoms with Crippen LogP contribution in [0.2, 0.25) is 0 Å². The van der Waals surface area contributed by atoms with Gasteiger partial charge in [-0.15, -0.1) is 0 Å². The molecule has 1 aromatic heterocycles. The summed E-state index contributed by atoms with van der Waals surface area (Å²) in [7, 11) is 0. The molecular weight excluding hydrogens is 212 g/mol. The van der Waals surface area contributed by atoms with Gasteiger partial charge in [-0.2, -0.15) is 0 Å². The van der Waals surface area contributed by atoms with Crippen LogP contribution in [0, 0.1) is 0 Å². The molecule has 3 heteroatoms. The van der Waals surface area contributed by atoms with Crippen LogP contribution in [0.15, 0.2) is 41.2 Å². The Balaban J connectivity index is 2.53. The molecule has 0 amide bonds. The Bertz CT molecular complexity index is 572. The lowest BCUT2D eigenvalue weighted by Gasteiger charge is -2.08. The lowest BCUT2D eigenvalue weighted by atomic mass is 10.0. The van der Waals surface area contributed by atoms with E-state index < -0.39 is 0 Å². The summed E-state index contributed by atoms with van der Waals surface area (Å²) in [6, 6.07) is 11.8. The third-order valence-electron chi connectivity index (χ3n) is 2.90. The van der Waals surface area contributed by atoms with Crippen molar-refractivity contribution in [3.05, 3.63) is 57.9 Å². The first-order valence-electron chi connectivity index (χ1n) is 5.76. The third kappa shape index (κ3) is 2.29. The monoisotopic (exact) mass is 228 g/mol. The first-order chi connectivity index (χ1) is 8.26. The van der Waals surface area contributed by atoms with Crippen LogP contribution in [0.3, 0.4) is 0 Å². The van der Waals surface area contributed by atoms with Gasteiger partial charge in [-0.3, -0.25) is 4.79 Å². The predicted molar refractivity (Wildman–Crippen MR) is 69.8 cm³/mol. The van der Waals surface area contributed by atoms with Crippen LogP contribution in [-0.2, 0) is 13.0 Å². The van der Waals surface area contributed by atoms with E-state index in [9.17, 15) is 4.79 Å². The van der Waals surface area contributed by atoms with Crippen molar-refractivity contribution < 1.29 is 0 Å². The number of aromatic nitrogens is 1. The van der Waals surface area contributed by atoms with E-state index in [0.29, 0.717) is 5.56 Å². The quantitative estimate of drug-likeness (QED) is 0.844. The fourth-order valence-corrected chi connectivity index (χ4v) is 1.91. The van der Waals surface area contributed by atoms with Crippen molar-refractivity contribution in [2.24, 2.45) is 5.73 Å². The van der Waals surface area contributed by atoms with E-state index >= 15 is 0 Å². The number of pyridine rings is 1. The van der Waals surface area contributed by atoms with Crippen molar-refractivity contribution in [3.8, 4) is 11.3 Å². The molecule has 2 rings (SSSR count). The number of aromatic amines is 1. The molecule has 1 aromatic carbocycles. The molecular formula is C14H16N2O. The zero-order chi connectivity index (χ0) is 12.3. The summed E-state index contributed by atoms with van der Waals surface area (Å²) in [5.74, 6) is 0. The molecule has 0 radical (unpaired) electrons. The number of benzene rings is 1. The molecule has 0 spiro atoms. The number of rotatable bonds is 3. The largest absolute Gasteiger partial charge is 0.326 e. The zero-order valence-corrected chi connectivity index (χ0v) is 9.86. The minimum atomic E-state index is -0.101. The number of hydrogen-bond donors (Lipinski definition) is 2. The molecule has 2 aromatic rings. The highest BCUT2D eigenvalue weighted by molar-refractivity contribution is 5.63. The highest BCUT2D eigenvalue weighted by atomic mass is 16.1. The second-order valence-corrected chi connectivity index (χ2v) is 3.94. The molecule has 0 saturated carbocycles. The summed E-state index contributed by atoms with van der Waals surface area (Å²) >= 11 is 0. The van der Waals surface area contributed by atoms with Crippen LogP contribution < -0.4 is 11.3 Å². The summed E-state index contributed by atoms with van der Waals surface area (Å²) in [4.78, 5) is 14.6. The number of H-pyrrole nitrogens is 1. The maximum absolute atomic E-state index is 11.7. The van der Waals surface area contributed by atoms with Gasteiger partial charge in [0.25, 0.3) is 5.56 Å². The Kier molecular flexibility index (Phi) is 3.40. The molecule has 0 bridgehead atoms. The maximum Gasteiger partial charge on any atom is 0.252 e.